The van der Waals surface area contributed by atoms with Crippen LogP contribution in [-0.4, -0.2) is 43.0 Å². The lowest BCUT2D eigenvalue weighted by atomic mass is 9.98. The monoisotopic (exact) mass is 517 g/mol. The molecule has 1 atom stereocenters. The number of para-hydroxylation sites is 1. The van der Waals surface area contributed by atoms with Crippen LogP contribution in [0.1, 0.15) is 22.9 Å². The maximum atomic E-state index is 13.3. The fourth-order valence-corrected chi connectivity index (χ4v) is 4.78. The molecule has 2 aromatic carbocycles. The van der Waals surface area contributed by atoms with E-state index in [1.807, 2.05) is 0 Å². The van der Waals surface area contributed by atoms with E-state index in [0.29, 0.717) is 11.3 Å². The van der Waals surface area contributed by atoms with Gasteiger partial charge < -0.3 is 28.6 Å². The van der Waals surface area contributed by atoms with Crippen LogP contribution in [0.2, 0.25) is 10.0 Å². The van der Waals surface area contributed by atoms with Crippen molar-refractivity contribution in [3.05, 3.63) is 81.2 Å². The number of aliphatic hydroxyl groups is 1. The maximum absolute atomic E-state index is 13.3. The molecule has 1 aliphatic heterocycles. The number of halogens is 2. The van der Waals surface area contributed by atoms with Gasteiger partial charge in [-0.15, -0.1) is 0 Å². The lowest BCUT2D eigenvalue weighted by Crippen LogP contribution is -2.29. The van der Waals surface area contributed by atoms with Gasteiger partial charge in [0, 0.05) is 5.56 Å². The molecule has 1 aliphatic rings. The van der Waals surface area contributed by atoms with E-state index in [0.717, 1.165) is 0 Å². The predicted molar refractivity (Wildman–Crippen MR) is 129 cm³/mol. The highest BCUT2D eigenvalue weighted by atomic mass is 35.5. The highest BCUT2D eigenvalue weighted by Crippen LogP contribution is 2.47. The molecule has 0 aliphatic carbocycles. The molecule has 1 aromatic heterocycles. The maximum Gasteiger partial charge on any atom is 0.296 e. The number of furan rings is 1. The lowest BCUT2D eigenvalue weighted by Gasteiger charge is -2.24. The highest BCUT2D eigenvalue weighted by molar-refractivity contribution is 6.46. The zero-order valence-electron chi connectivity index (χ0n) is 19.0. The van der Waals surface area contributed by atoms with Crippen LogP contribution in [0.3, 0.4) is 0 Å². The number of rotatable bonds is 7. The normalized spacial score (nSPS) is 17.1. The molecule has 1 fully saturated rings. The van der Waals surface area contributed by atoms with E-state index in [9.17, 15) is 14.7 Å². The Morgan fingerprint density at radius 2 is 1.74 bits per heavy atom. The molecule has 1 saturated heterocycles. The molecule has 0 radical (unpaired) electrons. The smallest absolute Gasteiger partial charge is 0.296 e. The van der Waals surface area contributed by atoms with Crippen molar-refractivity contribution in [1.82, 2.24) is 4.90 Å². The van der Waals surface area contributed by atoms with Gasteiger partial charge in [-0.1, -0.05) is 41.4 Å². The second-order valence-corrected chi connectivity index (χ2v) is 8.33. The molecule has 1 N–H and O–H groups in total. The molecule has 0 saturated carbocycles. The number of likely N-dealkylation sites (tertiary alicyclic amines) is 1. The largest absolute Gasteiger partial charge is 0.507 e. The van der Waals surface area contributed by atoms with Gasteiger partial charge in [-0.25, -0.2) is 0 Å². The molecule has 3 aromatic rings. The van der Waals surface area contributed by atoms with Gasteiger partial charge >= 0.3 is 0 Å². The van der Waals surface area contributed by atoms with Gasteiger partial charge in [-0.3, -0.25) is 9.59 Å². The first-order chi connectivity index (χ1) is 16.8. The summed E-state index contributed by atoms with van der Waals surface area (Å²) in [5.74, 6) is -1.24. The van der Waals surface area contributed by atoms with Gasteiger partial charge in [-0.05, 0) is 24.3 Å². The molecule has 10 heteroatoms. The van der Waals surface area contributed by atoms with Crippen molar-refractivity contribution >= 4 is 40.7 Å². The number of ether oxygens (including phenoxy) is 3. The zero-order chi connectivity index (χ0) is 25.3. The molecule has 8 nitrogen and oxygen atoms in total. The Morgan fingerprint density at radius 1 is 1.03 bits per heavy atom. The van der Waals surface area contributed by atoms with Crippen LogP contribution in [-0.2, 0) is 16.1 Å². The van der Waals surface area contributed by atoms with Gasteiger partial charge in [-0.2, -0.15) is 0 Å². The first-order valence-electron chi connectivity index (χ1n) is 10.4. The summed E-state index contributed by atoms with van der Waals surface area (Å²) in [6.45, 7) is 0.0258. The first-order valence-corrected chi connectivity index (χ1v) is 11.1. The zero-order valence-corrected chi connectivity index (χ0v) is 20.5. The Labute approximate surface area is 211 Å². The number of carbonyl (C=O) groups is 2. The molecule has 1 unspecified atom stereocenters. The number of ketones is 1. The number of benzene rings is 2. The van der Waals surface area contributed by atoms with Gasteiger partial charge in [0.25, 0.3) is 11.7 Å². The predicted octanol–water partition coefficient (Wildman–Crippen LogP) is 5.23. The molecule has 182 valence electrons. The van der Waals surface area contributed by atoms with Crippen LogP contribution >= 0.6 is 23.2 Å². The first kappa shape index (κ1) is 24.5. The van der Waals surface area contributed by atoms with Gasteiger partial charge in [0.15, 0.2) is 11.5 Å². The SMILES string of the molecule is COc1ccccc1CN1C(=O)C(=O)/C(=C(\O)c2cc(Cl)c(OC)c(Cl)c2OC)C1c1ccco1. The van der Waals surface area contributed by atoms with Crippen molar-refractivity contribution in [2.45, 2.75) is 12.6 Å². The third-order valence-electron chi connectivity index (χ3n) is 5.68. The second-order valence-electron chi connectivity index (χ2n) is 7.54. The van der Waals surface area contributed by atoms with Crippen molar-refractivity contribution < 1.29 is 33.3 Å². The summed E-state index contributed by atoms with van der Waals surface area (Å²) in [6.07, 6.45) is 1.42. The van der Waals surface area contributed by atoms with Crippen LogP contribution in [0.15, 0.2) is 58.7 Å². The average Bonchev–Trinajstić information content (AvgIpc) is 3.47. The van der Waals surface area contributed by atoms with Crippen molar-refractivity contribution in [3.63, 3.8) is 0 Å². The van der Waals surface area contributed by atoms with E-state index in [-0.39, 0.29) is 45.0 Å². The summed E-state index contributed by atoms with van der Waals surface area (Å²) in [4.78, 5) is 27.8. The van der Waals surface area contributed by atoms with Crippen LogP contribution in [0.25, 0.3) is 5.76 Å². The van der Waals surface area contributed by atoms with Gasteiger partial charge in [0.2, 0.25) is 0 Å². The van der Waals surface area contributed by atoms with Crippen LogP contribution in [0.4, 0.5) is 0 Å². The summed E-state index contributed by atoms with van der Waals surface area (Å²) in [7, 11) is 4.24. The van der Waals surface area contributed by atoms with Crippen LogP contribution in [0.5, 0.6) is 17.2 Å². The van der Waals surface area contributed by atoms with Crippen LogP contribution < -0.4 is 14.2 Å². The number of hydrogen-bond acceptors (Lipinski definition) is 7. The van der Waals surface area contributed by atoms with E-state index in [1.165, 1.54) is 38.6 Å². The topological polar surface area (TPSA) is 98.4 Å². The highest BCUT2D eigenvalue weighted by Gasteiger charge is 2.48. The van der Waals surface area contributed by atoms with Gasteiger partial charge in [0.1, 0.15) is 28.3 Å². The third kappa shape index (κ3) is 4.19. The fourth-order valence-electron chi connectivity index (χ4n) is 4.09. The summed E-state index contributed by atoms with van der Waals surface area (Å²) in [6, 6.07) is 10.7. The standard InChI is InChI=1S/C25H21Cl2NO7/c1-32-16-8-5-4-7-13(16)12-28-20(17-9-6-10-35-17)18(22(30)25(28)31)21(29)14-11-15(26)24(34-3)19(27)23(14)33-2/h4-11,20,29H,12H2,1-3H3/b21-18-. The summed E-state index contributed by atoms with van der Waals surface area (Å²) >= 11 is 12.7. The Morgan fingerprint density at radius 3 is 2.37 bits per heavy atom. The lowest BCUT2D eigenvalue weighted by molar-refractivity contribution is -0.140. The van der Waals surface area contributed by atoms with Gasteiger partial charge in [0.05, 0.1) is 50.3 Å². The Balaban J connectivity index is 1.91. The fraction of sp³-hybridized carbons (Fsp3) is 0.200. The Hall–Kier alpha value is -3.62. The number of nitrogens with zero attached hydrogens (tertiary/aromatic N) is 1. The second kappa shape index (κ2) is 9.93. The number of hydrogen-bond donors (Lipinski definition) is 1. The number of methoxy groups -OCH3 is 3. The number of aliphatic hydroxyl groups excluding tert-OH is 1. The molecule has 35 heavy (non-hydrogen) atoms. The van der Waals surface area contributed by atoms with E-state index >= 15 is 0 Å². The quantitative estimate of drug-likeness (QED) is 0.260. The molecular weight excluding hydrogens is 497 g/mol. The minimum Gasteiger partial charge on any atom is -0.507 e. The average molecular weight is 518 g/mol. The molecule has 1 amide bonds. The molecule has 0 spiro atoms. The summed E-state index contributed by atoms with van der Waals surface area (Å²) in [5.41, 5.74) is 0.493. The van der Waals surface area contributed by atoms with Crippen molar-refractivity contribution in [2.24, 2.45) is 0 Å². The van der Waals surface area contributed by atoms with Crippen molar-refractivity contribution in [2.75, 3.05) is 21.3 Å². The van der Waals surface area contributed by atoms with Crippen molar-refractivity contribution in [3.8, 4) is 17.2 Å². The van der Waals surface area contributed by atoms with E-state index in [1.54, 1.807) is 36.4 Å². The molecule has 2 heterocycles. The minimum absolute atomic E-state index is 0.00171. The van der Waals surface area contributed by atoms with E-state index < -0.39 is 23.5 Å². The van der Waals surface area contributed by atoms with E-state index in [4.69, 9.17) is 41.8 Å². The molecule has 0 bridgehead atoms. The Bertz CT molecular complexity index is 1320. The summed E-state index contributed by atoms with van der Waals surface area (Å²) < 4.78 is 21.6. The number of amides is 1. The molecular formula is C25H21Cl2NO7. The number of Topliss-reactive ketones (excluding diaryl/α,β-unsaturated/α-hetero) is 1. The van der Waals surface area contributed by atoms with E-state index in [2.05, 4.69) is 0 Å². The Kier molecular flexibility index (Phi) is 6.95. The molecule has 4 rings (SSSR count). The minimum atomic E-state index is -1.03. The van der Waals surface area contributed by atoms with Crippen LogP contribution in [0, 0.1) is 0 Å². The summed E-state index contributed by atoms with van der Waals surface area (Å²) in [5, 5.41) is 11.4. The number of carbonyl (C=O) groups excluding carboxylic acids is 2. The third-order valence-corrected chi connectivity index (χ3v) is 6.30. The van der Waals surface area contributed by atoms with Crippen molar-refractivity contribution in [1.29, 1.82) is 0 Å².